The van der Waals surface area contributed by atoms with E-state index in [1.165, 1.54) is 0 Å². The summed E-state index contributed by atoms with van der Waals surface area (Å²) in [6, 6.07) is 0. The Morgan fingerprint density at radius 1 is 1.11 bits per heavy atom. The molecule has 0 aliphatic heterocycles. The first-order valence-electron chi connectivity index (χ1n) is 1.73. The number of halogens is 5. The van der Waals surface area contributed by atoms with Crippen LogP contribution in [0.1, 0.15) is 0 Å². The smallest absolute Gasteiger partial charge is 0.390 e. The third-order valence-corrected chi connectivity index (χ3v) is 0.509. The lowest BCUT2D eigenvalue weighted by Gasteiger charge is -2.02. The summed E-state index contributed by atoms with van der Waals surface area (Å²) in [6.07, 6.45) is -8.01. The highest BCUT2D eigenvalue weighted by atomic mass is 19.4. The Bertz CT molecular complexity index is 130. The van der Waals surface area contributed by atoms with Crippen LogP contribution in [0.3, 0.4) is 0 Å². The summed E-state index contributed by atoms with van der Waals surface area (Å²) in [4.78, 5) is 0. The standard InChI is InChI=1S/C3H2F5N/c4-2(5)1(9)3(6,7)8/h9H2. The van der Waals surface area contributed by atoms with Gasteiger partial charge in [0.1, 0.15) is 0 Å². The summed E-state index contributed by atoms with van der Waals surface area (Å²) in [5, 5.41) is 0. The maximum atomic E-state index is 11.0. The topological polar surface area (TPSA) is 26.0 Å². The van der Waals surface area contributed by atoms with Gasteiger partial charge < -0.3 is 5.73 Å². The lowest BCUT2D eigenvalue weighted by atomic mass is 10.5. The molecule has 0 saturated heterocycles. The van der Waals surface area contributed by atoms with E-state index in [1.54, 1.807) is 0 Å². The SMILES string of the molecule is NC(=C(F)F)C(F)(F)F. The van der Waals surface area contributed by atoms with Crippen molar-refractivity contribution in [3.05, 3.63) is 11.8 Å². The van der Waals surface area contributed by atoms with Crippen LogP contribution in [-0.4, -0.2) is 6.18 Å². The Balaban J connectivity index is 4.40. The van der Waals surface area contributed by atoms with Gasteiger partial charge in [0.05, 0.1) is 0 Å². The van der Waals surface area contributed by atoms with Gasteiger partial charge >= 0.3 is 6.18 Å². The number of alkyl halides is 3. The van der Waals surface area contributed by atoms with Crippen LogP contribution < -0.4 is 5.73 Å². The zero-order chi connectivity index (χ0) is 7.65. The molecule has 0 fully saturated rings. The Morgan fingerprint density at radius 2 is 1.44 bits per heavy atom. The fourth-order valence-electron chi connectivity index (χ4n) is 0.107. The van der Waals surface area contributed by atoms with Gasteiger partial charge in [-0.2, -0.15) is 22.0 Å². The van der Waals surface area contributed by atoms with E-state index in [4.69, 9.17) is 0 Å². The van der Waals surface area contributed by atoms with Crippen LogP contribution in [0.5, 0.6) is 0 Å². The minimum Gasteiger partial charge on any atom is -0.390 e. The van der Waals surface area contributed by atoms with Gasteiger partial charge in [-0.3, -0.25) is 0 Å². The number of hydrogen-bond acceptors (Lipinski definition) is 1. The van der Waals surface area contributed by atoms with Gasteiger partial charge in [-0.25, -0.2) is 0 Å². The molecule has 0 aliphatic rings. The van der Waals surface area contributed by atoms with Crippen molar-refractivity contribution in [1.29, 1.82) is 0 Å². The average Bonchev–Trinajstić information content (AvgIpc) is 1.62. The Kier molecular flexibility index (Phi) is 2.00. The highest BCUT2D eigenvalue weighted by Crippen LogP contribution is 2.24. The van der Waals surface area contributed by atoms with Gasteiger partial charge in [0, 0.05) is 0 Å². The fourth-order valence-corrected chi connectivity index (χ4v) is 0.107. The highest BCUT2D eigenvalue weighted by Gasteiger charge is 2.35. The second kappa shape index (κ2) is 2.20. The third kappa shape index (κ3) is 2.29. The second-order valence-corrected chi connectivity index (χ2v) is 1.17. The molecule has 2 N–H and O–H groups in total. The molecule has 0 heterocycles. The van der Waals surface area contributed by atoms with Crippen molar-refractivity contribution in [2.45, 2.75) is 6.18 Å². The molecule has 0 aromatic carbocycles. The molecule has 0 bridgehead atoms. The summed E-state index contributed by atoms with van der Waals surface area (Å²) in [7, 11) is 0. The molecular weight excluding hydrogens is 145 g/mol. The first-order chi connectivity index (χ1) is 3.85. The van der Waals surface area contributed by atoms with Crippen molar-refractivity contribution in [3.63, 3.8) is 0 Å². The van der Waals surface area contributed by atoms with Crippen LogP contribution in [0.25, 0.3) is 0 Å². The zero-order valence-electron chi connectivity index (χ0n) is 3.97. The van der Waals surface area contributed by atoms with Crippen molar-refractivity contribution in [2.75, 3.05) is 0 Å². The lowest BCUT2D eigenvalue weighted by Crippen LogP contribution is -2.19. The van der Waals surface area contributed by atoms with E-state index in [-0.39, 0.29) is 0 Å². The maximum Gasteiger partial charge on any atom is 0.436 e. The summed E-state index contributed by atoms with van der Waals surface area (Å²) < 4.78 is 55.0. The largest absolute Gasteiger partial charge is 0.436 e. The van der Waals surface area contributed by atoms with Crippen molar-refractivity contribution in [1.82, 2.24) is 0 Å². The molecule has 0 aromatic heterocycles. The number of allylic oxidation sites excluding steroid dienone is 1. The Hall–Kier alpha value is -0.810. The predicted octanol–water partition coefficient (Wildman–Crippen LogP) is 1.62. The van der Waals surface area contributed by atoms with Gasteiger partial charge in [-0.15, -0.1) is 0 Å². The third-order valence-electron chi connectivity index (χ3n) is 0.509. The Labute approximate surface area is 46.9 Å². The van der Waals surface area contributed by atoms with Gasteiger partial charge in [0.25, 0.3) is 6.08 Å². The van der Waals surface area contributed by atoms with Crippen molar-refractivity contribution >= 4 is 0 Å². The normalized spacial score (nSPS) is 11.2. The molecular formula is C3H2F5N. The van der Waals surface area contributed by atoms with Crippen LogP contribution in [0, 0.1) is 0 Å². The maximum absolute atomic E-state index is 11.0. The van der Waals surface area contributed by atoms with Crippen molar-refractivity contribution < 1.29 is 22.0 Å². The average molecular weight is 147 g/mol. The summed E-state index contributed by atoms with van der Waals surface area (Å²) in [5.74, 6) is 0. The highest BCUT2D eigenvalue weighted by molar-refractivity contribution is 5.03. The van der Waals surface area contributed by atoms with E-state index in [0.29, 0.717) is 0 Å². The molecule has 54 valence electrons. The van der Waals surface area contributed by atoms with Gasteiger partial charge in [0.15, 0.2) is 5.70 Å². The second-order valence-electron chi connectivity index (χ2n) is 1.17. The molecule has 0 radical (unpaired) electrons. The van der Waals surface area contributed by atoms with Crippen molar-refractivity contribution in [2.24, 2.45) is 5.73 Å². The van der Waals surface area contributed by atoms with E-state index in [0.717, 1.165) is 0 Å². The molecule has 0 saturated carbocycles. The monoisotopic (exact) mass is 147 g/mol. The van der Waals surface area contributed by atoms with Crippen LogP contribution in [0.2, 0.25) is 0 Å². The molecule has 0 spiro atoms. The van der Waals surface area contributed by atoms with Crippen LogP contribution in [0.4, 0.5) is 22.0 Å². The van der Waals surface area contributed by atoms with Crippen molar-refractivity contribution in [3.8, 4) is 0 Å². The van der Waals surface area contributed by atoms with Crippen LogP contribution in [-0.2, 0) is 0 Å². The van der Waals surface area contributed by atoms with Gasteiger partial charge in [0.2, 0.25) is 0 Å². The van der Waals surface area contributed by atoms with Gasteiger partial charge in [-0.05, 0) is 0 Å². The number of hydrogen-bond donors (Lipinski definition) is 1. The molecule has 9 heavy (non-hydrogen) atoms. The molecule has 0 amide bonds. The molecule has 6 heteroatoms. The summed E-state index contributed by atoms with van der Waals surface area (Å²) in [6.45, 7) is 0. The van der Waals surface area contributed by atoms with E-state index in [1.807, 2.05) is 0 Å². The lowest BCUT2D eigenvalue weighted by molar-refractivity contribution is -0.0961. The molecule has 0 unspecified atom stereocenters. The van der Waals surface area contributed by atoms with Gasteiger partial charge in [-0.1, -0.05) is 0 Å². The molecule has 0 aromatic rings. The van der Waals surface area contributed by atoms with E-state index >= 15 is 0 Å². The molecule has 0 rings (SSSR count). The van der Waals surface area contributed by atoms with E-state index in [2.05, 4.69) is 5.73 Å². The minimum absolute atomic E-state index is 2.33. The first-order valence-corrected chi connectivity index (χ1v) is 1.73. The van der Waals surface area contributed by atoms with E-state index < -0.39 is 18.0 Å². The van der Waals surface area contributed by atoms with E-state index in [9.17, 15) is 22.0 Å². The summed E-state index contributed by atoms with van der Waals surface area (Å²) >= 11 is 0. The fraction of sp³-hybridized carbons (Fsp3) is 0.333. The zero-order valence-corrected chi connectivity index (χ0v) is 3.97. The molecule has 1 nitrogen and oxygen atoms in total. The minimum atomic E-state index is -5.11. The molecule has 0 aliphatic carbocycles. The number of rotatable bonds is 0. The van der Waals surface area contributed by atoms with Crippen LogP contribution >= 0.6 is 0 Å². The number of nitrogens with two attached hydrogens (primary N) is 1. The predicted molar refractivity (Wildman–Crippen MR) is 19.5 cm³/mol. The molecule has 0 atom stereocenters. The first kappa shape index (κ1) is 8.19. The van der Waals surface area contributed by atoms with Crippen LogP contribution in [0.15, 0.2) is 11.8 Å². The Morgan fingerprint density at radius 3 is 1.44 bits per heavy atom. The summed E-state index contributed by atoms with van der Waals surface area (Å²) in [5.41, 5.74) is 1.57. The quantitative estimate of drug-likeness (QED) is 0.517.